The quantitative estimate of drug-likeness (QED) is 0.334. The lowest BCUT2D eigenvalue weighted by atomic mass is 10.1. The standard InChI is InChI=1S/C16H14N4O/c17-16(19-21)14-11-20(13-9-5-2-6-10-13)18-15(14)12-7-3-1-4-8-12/h1-11,21H,(H2,17,19). The first-order valence-corrected chi connectivity index (χ1v) is 6.48. The number of hydrogen-bond donors (Lipinski definition) is 2. The Kier molecular flexibility index (Phi) is 3.39. The maximum atomic E-state index is 8.97. The Morgan fingerprint density at radius 2 is 1.62 bits per heavy atom. The summed E-state index contributed by atoms with van der Waals surface area (Å²) in [6.07, 6.45) is 1.76. The zero-order valence-electron chi connectivity index (χ0n) is 11.2. The number of amidine groups is 1. The van der Waals surface area contributed by atoms with Crippen molar-refractivity contribution in [3.8, 4) is 16.9 Å². The topological polar surface area (TPSA) is 76.4 Å². The average molecular weight is 278 g/mol. The molecule has 0 saturated carbocycles. The lowest BCUT2D eigenvalue weighted by Gasteiger charge is -2.00. The Balaban J connectivity index is 2.17. The molecular formula is C16H14N4O. The first-order chi connectivity index (χ1) is 10.3. The molecule has 0 unspecified atom stereocenters. The Hall–Kier alpha value is -3.08. The lowest BCUT2D eigenvalue weighted by molar-refractivity contribution is 0.318. The number of oxime groups is 1. The SMILES string of the molecule is N/C(=N/O)c1cn(-c2ccccc2)nc1-c1ccccc1. The number of nitrogens with two attached hydrogens (primary N) is 1. The molecular weight excluding hydrogens is 264 g/mol. The van der Waals surface area contributed by atoms with E-state index >= 15 is 0 Å². The average Bonchev–Trinajstić information content (AvgIpc) is 3.01. The summed E-state index contributed by atoms with van der Waals surface area (Å²) in [5.41, 5.74) is 8.86. The highest BCUT2D eigenvalue weighted by molar-refractivity contribution is 6.02. The second kappa shape index (κ2) is 5.50. The number of aromatic nitrogens is 2. The van der Waals surface area contributed by atoms with Crippen molar-refractivity contribution >= 4 is 5.84 Å². The van der Waals surface area contributed by atoms with Crippen LogP contribution < -0.4 is 5.73 Å². The molecule has 21 heavy (non-hydrogen) atoms. The molecule has 0 amide bonds. The van der Waals surface area contributed by atoms with Gasteiger partial charge in [-0.25, -0.2) is 4.68 Å². The Bertz CT molecular complexity index is 763. The van der Waals surface area contributed by atoms with Gasteiger partial charge < -0.3 is 10.9 Å². The molecule has 0 aliphatic rings. The molecule has 1 heterocycles. The molecule has 3 rings (SSSR count). The van der Waals surface area contributed by atoms with Crippen LogP contribution in [0.4, 0.5) is 0 Å². The second-order valence-electron chi connectivity index (χ2n) is 4.52. The summed E-state index contributed by atoms with van der Waals surface area (Å²) in [5.74, 6) is 0.0380. The molecule has 0 radical (unpaired) electrons. The van der Waals surface area contributed by atoms with E-state index in [1.54, 1.807) is 10.9 Å². The van der Waals surface area contributed by atoms with E-state index in [-0.39, 0.29) is 5.84 Å². The first-order valence-electron chi connectivity index (χ1n) is 6.48. The Morgan fingerprint density at radius 1 is 1.00 bits per heavy atom. The molecule has 0 fully saturated rings. The maximum absolute atomic E-state index is 8.97. The van der Waals surface area contributed by atoms with Crippen LogP contribution in [0.5, 0.6) is 0 Å². The number of rotatable bonds is 3. The third-order valence-electron chi connectivity index (χ3n) is 3.17. The van der Waals surface area contributed by atoms with Crippen LogP contribution in [-0.4, -0.2) is 20.8 Å². The summed E-state index contributed by atoms with van der Waals surface area (Å²) in [6, 6.07) is 19.3. The molecule has 0 bridgehead atoms. The van der Waals surface area contributed by atoms with Crippen LogP contribution in [0.3, 0.4) is 0 Å². The van der Waals surface area contributed by atoms with E-state index in [1.807, 2.05) is 60.7 Å². The minimum absolute atomic E-state index is 0.0380. The van der Waals surface area contributed by atoms with Crippen LogP contribution >= 0.6 is 0 Å². The van der Waals surface area contributed by atoms with Crippen molar-refractivity contribution in [1.29, 1.82) is 0 Å². The highest BCUT2D eigenvalue weighted by Gasteiger charge is 2.15. The normalized spacial score (nSPS) is 11.5. The van der Waals surface area contributed by atoms with E-state index < -0.39 is 0 Å². The summed E-state index contributed by atoms with van der Waals surface area (Å²) >= 11 is 0. The van der Waals surface area contributed by atoms with Crippen molar-refractivity contribution in [3.05, 3.63) is 72.4 Å². The third kappa shape index (κ3) is 2.49. The van der Waals surface area contributed by atoms with Gasteiger partial charge in [-0.15, -0.1) is 0 Å². The van der Waals surface area contributed by atoms with E-state index in [2.05, 4.69) is 10.3 Å². The molecule has 0 aliphatic carbocycles. The van der Waals surface area contributed by atoms with Gasteiger partial charge in [-0.3, -0.25) is 0 Å². The number of nitrogens with zero attached hydrogens (tertiary/aromatic N) is 3. The van der Waals surface area contributed by atoms with Crippen molar-refractivity contribution in [3.63, 3.8) is 0 Å². The van der Waals surface area contributed by atoms with Gasteiger partial charge in [0.2, 0.25) is 0 Å². The zero-order valence-corrected chi connectivity index (χ0v) is 11.2. The molecule has 0 atom stereocenters. The van der Waals surface area contributed by atoms with Crippen LogP contribution in [0.2, 0.25) is 0 Å². The lowest BCUT2D eigenvalue weighted by Crippen LogP contribution is -2.13. The summed E-state index contributed by atoms with van der Waals surface area (Å²) < 4.78 is 1.72. The molecule has 3 aromatic rings. The smallest absolute Gasteiger partial charge is 0.173 e. The minimum Gasteiger partial charge on any atom is -0.409 e. The van der Waals surface area contributed by atoms with Crippen molar-refractivity contribution in [2.24, 2.45) is 10.9 Å². The van der Waals surface area contributed by atoms with Gasteiger partial charge in [0.1, 0.15) is 5.69 Å². The van der Waals surface area contributed by atoms with E-state index in [0.717, 1.165) is 11.3 Å². The molecule has 0 saturated heterocycles. The van der Waals surface area contributed by atoms with Gasteiger partial charge in [-0.05, 0) is 12.1 Å². The predicted molar refractivity (Wildman–Crippen MR) is 81.5 cm³/mol. The fourth-order valence-electron chi connectivity index (χ4n) is 2.14. The van der Waals surface area contributed by atoms with Crippen LogP contribution in [0.25, 0.3) is 16.9 Å². The first kappa shape index (κ1) is 12.9. The van der Waals surface area contributed by atoms with Crippen molar-refractivity contribution < 1.29 is 5.21 Å². The molecule has 2 aromatic carbocycles. The minimum atomic E-state index is 0.0380. The van der Waals surface area contributed by atoms with E-state index in [9.17, 15) is 0 Å². The Labute approximate surface area is 122 Å². The fourth-order valence-corrected chi connectivity index (χ4v) is 2.14. The van der Waals surface area contributed by atoms with Crippen LogP contribution in [0.1, 0.15) is 5.56 Å². The summed E-state index contributed by atoms with van der Waals surface area (Å²) in [5, 5.41) is 16.6. The molecule has 3 N–H and O–H groups in total. The molecule has 0 spiro atoms. The predicted octanol–water partition coefficient (Wildman–Crippen LogP) is 2.63. The van der Waals surface area contributed by atoms with Gasteiger partial charge in [0, 0.05) is 11.8 Å². The van der Waals surface area contributed by atoms with Crippen molar-refractivity contribution in [2.45, 2.75) is 0 Å². The van der Waals surface area contributed by atoms with E-state index in [1.165, 1.54) is 0 Å². The third-order valence-corrected chi connectivity index (χ3v) is 3.17. The van der Waals surface area contributed by atoms with E-state index in [0.29, 0.717) is 11.3 Å². The van der Waals surface area contributed by atoms with Crippen molar-refractivity contribution in [1.82, 2.24) is 9.78 Å². The number of para-hydroxylation sites is 1. The van der Waals surface area contributed by atoms with Gasteiger partial charge >= 0.3 is 0 Å². The van der Waals surface area contributed by atoms with Crippen LogP contribution in [0, 0.1) is 0 Å². The van der Waals surface area contributed by atoms with Gasteiger partial charge in [0.25, 0.3) is 0 Å². The Morgan fingerprint density at radius 3 is 2.24 bits per heavy atom. The van der Waals surface area contributed by atoms with Crippen LogP contribution in [-0.2, 0) is 0 Å². The maximum Gasteiger partial charge on any atom is 0.173 e. The molecule has 5 nitrogen and oxygen atoms in total. The summed E-state index contributed by atoms with van der Waals surface area (Å²) in [7, 11) is 0. The number of benzene rings is 2. The summed E-state index contributed by atoms with van der Waals surface area (Å²) in [4.78, 5) is 0. The highest BCUT2D eigenvalue weighted by atomic mass is 16.4. The van der Waals surface area contributed by atoms with Gasteiger partial charge in [-0.1, -0.05) is 53.7 Å². The van der Waals surface area contributed by atoms with Crippen molar-refractivity contribution in [2.75, 3.05) is 0 Å². The summed E-state index contributed by atoms with van der Waals surface area (Å²) in [6.45, 7) is 0. The molecule has 0 aliphatic heterocycles. The molecule has 5 heteroatoms. The van der Waals surface area contributed by atoms with Gasteiger partial charge in [0.15, 0.2) is 5.84 Å². The largest absolute Gasteiger partial charge is 0.409 e. The van der Waals surface area contributed by atoms with E-state index in [4.69, 9.17) is 10.9 Å². The molecule has 104 valence electrons. The fraction of sp³-hybridized carbons (Fsp3) is 0. The van der Waals surface area contributed by atoms with Gasteiger partial charge in [-0.2, -0.15) is 5.10 Å². The monoisotopic (exact) mass is 278 g/mol. The van der Waals surface area contributed by atoms with Gasteiger partial charge in [0.05, 0.1) is 11.3 Å². The molecule has 1 aromatic heterocycles. The zero-order chi connectivity index (χ0) is 14.7. The number of hydrogen-bond acceptors (Lipinski definition) is 3. The highest BCUT2D eigenvalue weighted by Crippen LogP contribution is 2.23. The second-order valence-corrected chi connectivity index (χ2v) is 4.52. The van der Waals surface area contributed by atoms with Crippen LogP contribution in [0.15, 0.2) is 72.0 Å².